The molecular weight excluding hydrogens is 314 g/mol. The highest BCUT2D eigenvalue weighted by Gasteiger charge is 2.53. The number of benzene rings is 1. The van der Waals surface area contributed by atoms with Crippen LogP contribution < -0.4 is 9.47 Å². The lowest BCUT2D eigenvalue weighted by Crippen LogP contribution is -2.41. The van der Waals surface area contributed by atoms with Crippen LogP contribution in [-0.2, 0) is 14.0 Å². The summed E-state index contributed by atoms with van der Waals surface area (Å²) < 4.78 is 41.7. The lowest BCUT2D eigenvalue weighted by molar-refractivity contribution is 0.00578. The van der Waals surface area contributed by atoms with Gasteiger partial charge in [-0.25, -0.2) is 4.39 Å². The van der Waals surface area contributed by atoms with Gasteiger partial charge in [-0.15, -0.1) is 0 Å². The van der Waals surface area contributed by atoms with Gasteiger partial charge in [0.05, 0.1) is 18.3 Å². The van der Waals surface area contributed by atoms with E-state index in [2.05, 4.69) is 0 Å². The van der Waals surface area contributed by atoms with E-state index in [9.17, 15) is 4.39 Å². The van der Waals surface area contributed by atoms with E-state index < -0.39 is 24.0 Å². The van der Waals surface area contributed by atoms with E-state index in [1.54, 1.807) is 18.2 Å². The summed E-state index contributed by atoms with van der Waals surface area (Å²) in [4.78, 5) is 0. The highest BCUT2D eigenvalue weighted by molar-refractivity contribution is 6.54. The zero-order valence-corrected chi connectivity index (χ0v) is 15.0. The van der Waals surface area contributed by atoms with Crippen LogP contribution in [0.3, 0.4) is 0 Å². The minimum absolute atomic E-state index is 0.0727. The van der Waals surface area contributed by atoms with Crippen LogP contribution in [0.25, 0.3) is 6.08 Å². The third-order valence-electron chi connectivity index (χ3n) is 4.32. The summed E-state index contributed by atoms with van der Waals surface area (Å²) in [6.45, 7) is 7.57. The second kappa shape index (κ2) is 7.13. The van der Waals surface area contributed by atoms with Gasteiger partial charge in [0.25, 0.3) is 0 Å². The van der Waals surface area contributed by atoms with Gasteiger partial charge in [0.15, 0.2) is 18.3 Å². The van der Waals surface area contributed by atoms with Crippen LogP contribution in [0.1, 0.15) is 33.3 Å². The van der Waals surface area contributed by atoms with E-state index in [-0.39, 0.29) is 6.79 Å². The van der Waals surface area contributed by atoms with Crippen LogP contribution in [0.15, 0.2) is 23.9 Å². The van der Waals surface area contributed by atoms with Crippen molar-refractivity contribution in [3.63, 3.8) is 0 Å². The first-order valence-electron chi connectivity index (χ1n) is 7.73. The third kappa shape index (κ3) is 3.74. The second-order valence-corrected chi connectivity index (χ2v) is 6.55. The van der Waals surface area contributed by atoms with E-state index in [4.69, 9.17) is 23.5 Å². The molecule has 0 bridgehead atoms. The highest BCUT2D eigenvalue weighted by atomic mass is 19.1. The Bertz CT molecular complexity index is 599. The summed E-state index contributed by atoms with van der Waals surface area (Å²) in [7, 11) is 1.97. The predicted octanol–water partition coefficient (Wildman–Crippen LogP) is 3.62. The number of halogens is 1. The molecule has 0 saturated carbocycles. The molecule has 7 heteroatoms. The quantitative estimate of drug-likeness (QED) is 0.586. The molecule has 0 spiro atoms. The molecule has 132 valence electrons. The normalized spacial score (nSPS) is 19.5. The summed E-state index contributed by atoms with van der Waals surface area (Å²) >= 11 is 0. The van der Waals surface area contributed by atoms with E-state index in [0.29, 0.717) is 17.1 Å². The molecule has 1 fully saturated rings. The molecule has 0 unspecified atom stereocenters. The zero-order chi connectivity index (χ0) is 18.0. The first-order valence-corrected chi connectivity index (χ1v) is 7.73. The van der Waals surface area contributed by atoms with Crippen molar-refractivity contribution in [2.45, 2.75) is 38.9 Å². The maximum atomic E-state index is 14.7. The van der Waals surface area contributed by atoms with Crippen LogP contribution >= 0.6 is 0 Å². The number of ether oxygens (including phenoxy) is 3. The van der Waals surface area contributed by atoms with Gasteiger partial charge in [-0.05, 0) is 39.8 Å². The molecular formula is C17H24BFO5. The third-order valence-corrected chi connectivity index (χ3v) is 4.32. The Morgan fingerprint density at radius 3 is 2.33 bits per heavy atom. The van der Waals surface area contributed by atoms with Crippen LogP contribution in [0, 0.1) is 0 Å². The minimum atomic E-state index is -1.05. The molecule has 1 heterocycles. The Balaban J connectivity index is 2.28. The van der Waals surface area contributed by atoms with Crippen molar-refractivity contribution in [3.8, 4) is 11.5 Å². The van der Waals surface area contributed by atoms with Crippen molar-refractivity contribution in [1.82, 2.24) is 0 Å². The summed E-state index contributed by atoms with van der Waals surface area (Å²) in [5.74, 6) is 0.885. The average molecular weight is 338 g/mol. The molecule has 24 heavy (non-hydrogen) atoms. The molecule has 0 amide bonds. The van der Waals surface area contributed by atoms with Crippen molar-refractivity contribution < 1.29 is 27.9 Å². The number of para-hydroxylation sites is 1. The molecule has 0 aromatic heterocycles. The summed E-state index contributed by atoms with van der Waals surface area (Å²) in [5.41, 5.74) is -1.21. The molecule has 2 rings (SSSR count). The lowest BCUT2D eigenvalue weighted by Gasteiger charge is -2.32. The number of hydrogen-bond donors (Lipinski definition) is 0. The first-order chi connectivity index (χ1) is 11.2. The summed E-state index contributed by atoms with van der Waals surface area (Å²) in [6.07, 6.45) is 1.33. The van der Waals surface area contributed by atoms with Gasteiger partial charge in [-0.2, -0.15) is 0 Å². The van der Waals surface area contributed by atoms with Crippen LogP contribution in [0.2, 0.25) is 0 Å². The van der Waals surface area contributed by atoms with Gasteiger partial charge in [0.2, 0.25) is 0 Å². The van der Waals surface area contributed by atoms with Crippen molar-refractivity contribution in [3.05, 3.63) is 29.5 Å². The van der Waals surface area contributed by atoms with Crippen LogP contribution in [0.4, 0.5) is 4.39 Å². The Hall–Kier alpha value is -1.57. The SMILES string of the molecule is COCOc1cccc(C=C(F)B2OC(C)(C)C(C)(C)O2)c1OC. The van der Waals surface area contributed by atoms with Gasteiger partial charge >= 0.3 is 7.12 Å². The van der Waals surface area contributed by atoms with E-state index in [0.717, 1.165) is 0 Å². The number of rotatable bonds is 6. The van der Waals surface area contributed by atoms with E-state index in [1.807, 2.05) is 27.7 Å². The molecule has 1 aliphatic heterocycles. The molecule has 1 saturated heterocycles. The first kappa shape index (κ1) is 18.8. The topological polar surface area (TPSA) is 46.2 Å². The molecule has 0 aliphatic carbocycles. The minimum Gasteiger partial charge on any atom is -0.492 e. The monoisotopic (exact) mass is 338 g/mol. The van der Waals surface area contributed by atoms with Gasteiger partial charge in [0.1, 0.15) is 5.73 Å². The van der Waals surface area contributed by atoms with Gasteiger partial charge in [-0.1, -0.05) is 12.1 Å². The van der Waals surface area contributed by atoms with Crippen molar-refractivity contribution in [2.75, 3.05) is 21.0 Å². The number of hydrogen-bond acceptors (Lipinski definition) is 5. The zero-order valence-electron chi connectivity index (χ0n) is 15.0. The van der Waals surface area contributed by atoms with Crippen molar-refractivity contribution in [1.29, 1.82) is 0 Å². The standard InChI is InChI=1S/C17H24BFO5/c1-16(2)17(3,4)24-18(23-16)14(19)10-12-8-7-9-13(15(12)21-6)22-11-20-5/h7-10H,11H2,1-6H3. The van der Waals surface area contributed by atoms with Gasteiger partial charge in [-0.3, -0.25) is 0 Å². The molecule has 0 atom stereocenters. The molecule has 1 aliphatic rings. The van der Waals surface area contributed by atoms with E-state index in [1.165, 1.54) is 20.3 Å². The average Bonchev–Trinajstić information content (AvgIpc) is 2.73. The molecule has 1 aromatic carbocycles. The largest absolute Gasteiger partial charge is 0.525 e. The Labute approximate surface area is 142 Å². The van der Waals surface area contributed by atoms with Crippen molar-refractivity contribution in [2.24, 2.45) is 0 Å². The molecule has 0 N–H and O–H groups in total. The fourth-order valence-corrected chi connectivity index (χ4v) is 2.27. The van der Waals surface area contributed by atoms with E-state index >= 15 is 0 Å². The van der Waals surface area contributed by atoms with Crippen LogP contribution in [-0.4, -0.2) is 39.3 Å². The molecule has 0 radical (unpaired) electrons. The second-order valence-electron chi connectivity index (χ2n) is 6.55. The maximum absolute atomic E-state index is 14.7. The van der Waals surface area contributed by atoms with Gasteiger partial charge < -0.3 is 23.5 Å². The fraction of sp³-hybridized carbons (Fsp3) is 0.529. The Morgan fingerprint density at radius 1 is 1.17 bits per heavy atom. The Kier molecular flexibility index (Phi) is 5.57. The summed E-state index contributed by atoms with van der Waals surface area (Å²) in [6, 6.07) is 5.20. The predicted molar refractivity (Wildman–Crippen MR) is 90.7 cm³/mol. The number of methoxy groups -OCH3 is 2. The van der Waals surface area contributed by atoms with Crippen LogP contribution in [0.5, 0.6) is 11.5 Å². The van der Waals surface area contributed by atoms with Crippen molar-refractivity contribution >= 4 is 13.2 Å². The fourth-order valence-electron chi connectivity index (χ4n) is 2.27. The molecule has 1 aromatic rings. The Morgan fingerprint density at radius 2 is 1.79 bits per heavy atom. The maximum Gasteiger partial charge on any atom is 0.525 e. The highest BCUT2D eigenvalue weighted by Crippen LogP contribution is 2.40. The molecule has 5 nitrogen and oxygen atoms in total. The van der Waals surface area contributed by atoms with Gasteiger partial charge in [0, 0.05) is 12.7 Å². The lowest BCUT2D eigenvalue weighted by atomic mass is 9.86. The smallest absolute Gasteiger partial charge is 0.492 e. The summed E-state index contributed by atoms with van der Waals surface area (Å²) in [5, 5.41) is 0.